The molecule has 0 bridgehead atoms. The van der Waals surface area contributed by atoms with Crippen molar-refractivity contribution in [3.63, 3.8) is 0 Å². The van der Waals surface area contributed by atoms with E-state index >= 15 is 0 Å². The van der Waals surface area contributed by atoms with Crippen molar-refractivity contribution < 1.29 is 4.79 Å². The summed E-state index contributed by atoms with van der Waals surface area (Å²) in [5, 5.41) is 3.35. The molecule has 1 rings (SSSR count). The van der Waals surface area contributed by atoms with E-state index in [1.165, 1.54) is 18.6 Å². The summed E-state index contributed by atoms with van der Waals surface area (Å²) in [6.07, 6.45) is 3.22. The maximum Gasteiger partial charge on any atom is 0.223 e. The quantitative estimate of drug-likeness (QED) is 0.757. The fourth-order valence-corrected chi connectivity index (χ4v) is 2.84. The first kappa shape index (κ1) is 17.1. The number of halogens is 1. The maximum absolute atomic E-state index is 11.9. The molecule has 1 aliphatic rings. The molecule has 17 heavy (non-hydrogen) atoms. The Hall–Kier alpha value is 0.0700. The maximum atomic E-state index is 11.9. The molecule has 1 unspecified atom stereocenters. The third-order valence-electron chi connectivity index (χ3n) is 2.82. The van der Waals surface area contributed by atoms with E-state index < -0.39 is 0 Å². The van der Waals surface area contributed by atoms with E-state index in [1.54, 1.807) is 0 Å². The second kappa shape index (κ2) is 10.0. The average Bonchev–Trinajstić information content (AvgIpc) is 2.28. The van der Waals surface area contributed by atoms with Crippen LogP contribution in [0, 0.1) is 0 Å². The molecule has 1 aliphatic heterocycles. The van der Waals surface area contributed by atoms with Gasteiger partial charge in [-0.3, -0.25) is 4.79 Å². The number of carbonyl (C=O) groups is 1. The van der Waals surface area contributed by atoms with Gasteiger partial charge in [-0.2, -0.15) is 11.8 Å². The lowest BCUT2D eigenvalue weighted by Crippen LogP contribution is -2.51. The molecule has 0 spiro atoms. The van der Waals surface area contributed by atoms with Crippen LogP contribution < -0.4 is 5.32 Å². The van der Waals surface area contributed by atoms with Crippen molar-refractivity contribution in [3.05, 3.63) is 0 Å². The standard InChI is InChI=1S/C12H24N2OS.ClH/c1-3-4-8-16-9-5-12(15)14-7-6-13-11(2)10-14;/h11,13H,3-10H2,1-2H3;1H. The molecule has 1 amide bonds. The zero-order valence-corrected chi connectivity index (χ0v) is 12.5. The SMILES string of the molecule is CCCCSCCC(=O)N1CCNC(C)C1.Cl. The van der Waals surface area contributed by atoms with Crippen LogP contribution >= 0.6 is 24.2 Å². The molecule has 0 aliphatic carbocycles. The molecule has 5 heteroatoms. The van der Waals surface area contributed by atoms with Gasteiger partial charge in [0.15, 0.2) is 0 Å². The highest BCUT2D eigenvalue weighted by Crippen LogP contribution is 2.08. The number of carbonyl (C=O) groups excluding carboxylic acids is 1. The second-order valence-corrected chi connectivity index (χ2v) is 5.64. The van der Waals surface area contributed by atoms with Crippen molar-refractivity contribution in [3.8, 4) is 0 Å². The predicted molar refractivity (Wildman–Crippen MR) is 78.1 cm³/mol. The topological polar surface area (TPSA) is 32.3 Å². The number of nitrogens with one attached hydrogen (secondary N) is 1. The van der Waals surface area contributed by atoms with Crippen molar-refractivity contribution in [2.24, 2.45) is 0 Å². The lowest BCUT2D eigenvalue weighted by atomic mass is 10.2. The molecule has 0 aromatic rings. The highest BCUT2D eigenvalue weighted by Gasteiger charge is 2.19. The molecule has 1 atom stereocenters. The Bertz CT molecular complexity index is 217. The van der Waals surface area contributed by atoms with Crippen LogP contribution in [0.2, 0.25) is 0 Å². The van der Waals surface area contributed by atoms with Gasteiger partial charge in [0.1, 0.15) is 0 Å². The smallest absolute Gasteiger partial charge is 0.223 e. The van der Waals surface area contributed by atoms with Gasteiger partial charge in [0, 0.05) is 37.8 Å². The molecule has 0 radical (unpaired) electrons. The predicted octanol–water partition coefficient (Wildman–Crippen LogP) is 2.15. The molecule has 3 nitrogen and oxygen atoms in total. The lowest BCUT2D eigenvalue weighted by molar-refractivity contribution is -0.131. The second-order valence-electron chi connectivity index (χ2n) is 4.41. The summed E-state index contributed by atoms with van der Waals surface area (Å²) in [6, 6.07) is 0.449. The largest absolute Gasteiger partial charge is 0.340 e. The average molecular weight is 281 g/mol. The number of rotatable bonds is 6. The van der Waals surface area contributed by atoms with Gasteiger partial charge in [-0.1, -0.05) is 13.3 Å². The Kier molecular flexibility index (Phi) is 10.1. The molecule has 1 N–H and O–H groups in total. The number of unbranched alkanes of at least 4 members (excludes halogenated alkanes) is 1. The van der Waals surface area contributed by atoms with E-state index in [9.17, 15) is 4.79 Å². The summed E-state index contributed by atoms with van der Waals surface area (Å²) in [5.74, 6) is 2.51. The van der Waals surface area contributed by atoms with Crippen LogP contribution in [0.15, 0.2) is 0 Å². The molecule has 1 saturated heterocycles. The monoisotopic (exact) mass is 280 g/mol. The van der Waals surface area contributed by atoms with Gasteiger partial charge in [-0.25, -0.2) is 0 Å². The van der Waals surface area contributed by atoms with Crippen LogP contribution in [0.1, 0.15) is 33.1 Å². The minimum atomic E-state index is 0. The fraction of sp³-hybridized carbons (Fsp3) is 0.917. The van der Waals surface area contributed by atoms with Crippen LogP contribution in [0.5, 0.6) is 0 Å². The van der Waals surface area contributed by atoms with Crippen molar-refractivity contribution in [1.29, 1.82) is 0 Å². The van der Waals surface area contributed by atoms with Crippen LogP contribution in [0.4, 0.5) is 0 Å². The number of nitrogens with zero attached hydrogens (tertiary/aromatic N) is 1. The summed E-state index contributed by atoms with van der Waals surface area (Å²) < 4.78 is 0. The van der Waals surface area contributed by atoms with Gasteiger partial charge in [-0.05, 0) is 19.1 Å². The van der Waals surface area contributed by atoms with Gasteiger partial charge >= 0.3 is 0 Å². The van der Waals surface area contributed by atoms with Crippen molar-refractivity contribution in [2.45, 2.75) is 39.2 Å². The van der Waals surface area contributed by atoms with E-state index in [1.807, 2.05) is 16.7 Å². The minimum absolute atomic E-state index is 0. The Morgan fingerprint density at radius 1 is 1.47 bits per heavy atom. The van der Waals surface area contributed by atoms with Gasteiger partial charge in [-0.15, -0.1) is 12.4 Å². The van der Waals surface area contributed by atoms with Gasteiger partial charge in [0.25, 0.3) is 0 Å². The first-order chi connectivity index (χ1) is 7.74. The minimum Gasteiger partial charge on any atom is -0.340 e. The molecule has 0 saturated carbocycles. The summed E-state index contributed by atoms with van der Waals surface area (Å²) in [7, 11) is 0. The normalized spacial score (nSPS) is 19.9. The van der Waals surface area contributed by atoms with E-state index in [2.05, 4.69) is 19.2 Å². The number of amides is 1. The highest BCUT2D eigenvalue weighted by molar-refractivity contribution is 7.99. The number of thioether (sulfide) groups is 1. The molecule has 1 heterocycles. The zero-order valence-electron chi connectivity index (χ0n) is 10.9. The first-order valence-electron chi connectivity index (χ1n) is 6.33. The van der Waals surface area contributed by atoms with E-state index in [4.69, 9.17) is 0 Å². The van der Waals surface area contributed by atoms with Gasteiger partial charge in [0.2, 0.25) is 5.91 Å². The van der Waals surface area contributed by atoms with Gasteiger partial charge < -0.3 is 10.2 Å². The van der Waals surface area contributed by atoms with Crippen molar-refractivity contribution in [2.75, 3.05) is 31.1 Å². The number of hydrogen-bond acceptors (Lipinski definition) is 3. The van der Waals surface area contributed by atoms with Crippen LogP contribution in [0.25, 0.3) is 0 Å². The molecule has 0 aromatic carbocycles. The summed E-state index contributed by atoms with van der Waals surface area (Å²) in [6.45, 7) is 7.03. The van der Waals surface area contributed by atoms with Crippen LogP contribution in [-0.2, 0) is 4.79 Å². The fourth-order valence-electron chi connectivity index (χ4n) is 1.82. The van der Waals surface area contributed by atoms with E-state index in [0.29, 0.717) is 18.4 Å². The third kappa shape index (κ3) is 7.17. The summed E-state index contributed by atoms with van der Waals surface area (Å²) in [5.41, 5.74) is 0. The van der Waals surface area contributed by atoms with Crippen LogP contribution in [-0.4, -0.2) is 48.0 Å². The Morgan fingerprint density at radius 2 is 2.24 bits per heavy atom. The van der Waals surface area contributed by atoms with E-state index in [-0.39, 0.29) is 12.4 Å². The molecular formula is C12H25ClN2OS. The number of hydrogen-bond donors (Lipinski definition) is 1. The Morgan fingerprint density at radius 3 is 2.88 bits per heavy atom. The molecule has 1 fully saturated rings. The first-order valence-corrected chi connectivity index (χ1v) is 7.48. The van der Waals surface area contributed by atoms with Gasteiger partial charge in [0.05, 0.1) is 0 Å². The highest BCUT2D eigenvalue weighted by atomic mass is 35.5. The zero-order chi connectivity index (χ0) is 11.8. The summed E-state index contributed by atoms with van der Waals surface area (Å²) >= 11 is 1.91. The van der Waals surface area contributed by atoms with Crippen molar-refractivity contribution >= 4 is 30.1 Å². The van der Waals surface area contributed by atoms with E-state index in [0.717, 1.165) is 25.4 Å². The Labute approximate surface area is 115 Å². The van der Waals surface area contributed by atoms with Crippen molar-refractivity contribution in [1.82, 2.24) is 10.2 Å². The third-order valence-corrected chi connectivity index (χ3v) is 3.89. The molecular weight excluding hydrogens is 256 g/mol. The summed E-state index contributed by atoms with van der Waals surface area (Å²) in [4.78, 5) is 13.9. The van der Waals surface area contributed by atoms with Crippen LogP contribution in [0.3, 0.4) is 0 Å². The number of piperazine rings is 1. The molecule has 0 aromatic heterocycles. The Balaban J connectivity index is 0.00000256. The lowest BCUT2D eigenvalue weighted by Gasteiger charge is -2.31. The molecule has 102 valence electrons.